The SMILES string of the molecule is CC(C)c1cnn(C)c1-c1nc(C(=O)C[C@H]2CNCC[C@@H]2C2CCC(F)C2)ncc1Cl. The summed E-state index contributed by atoms with van der Waals surface area (Å²) in [6, 6.07) is 0. The lowest BCUT2D eigenvalue weighted by atomic mass is 9.74. The van der Waals surface area contributed by atoms with Crippen LogP contribution < -0.4 is 5.32 Å². The number of aromatic nitrogens is 4. The second-order valence-electron chi connectivity index (χ2n) is 9.33. The van der Waals surface area contributed by atoms with E-state index in [1.807, 2.05) is 13.2 Å². The Hall–Kier alpha value is -1.86. The number of carbonyl (C=O) groups is 1. The molecule has 1 saturated carbocycles. The average molecular weight is 448 g/mol. The molecule has 4 atom stereocenters. The van der Waals surface area contributed by atoms with Gasteiger partial charge in [0, 0.05) is 19.0 Å². The maximum Gasteiger partial charge on any atom is 0.200 e. The van der Waals surface area contributed by atoms with E-state index in [1.54, 1.807) is 4.68 Å². The van der Waals surface area contributed by atoms with Gasteiger partial charge in [-0.25, -0.2) is 14.4 Å². The lowest BCUT2D eigenvalue weighted by molar-refractivity contribution is 0.0883. The van der Waals surface area contributed by atoms with Crippen molar-refractivity contribution in [3.8, 4) is 11.4 Å². The summed E-state index contributed by atoms with van der Waals surface area (Å²) in [6.07, 6.45) is 6.22. The Balaban J connectivity index is 1.57. The first-order valence-electron chi connectivity index (χ1n) is 11.3. The van der Waals surface area contributed by atoms with Crippen molar-refractivity contribution in [3.63, 3.8) is 0 Å². The Kier molecular flexibility index (Phi) is 6.72. The summed E-state index contributed by atoms with van der Waals surface area (Å²) >= 11 is 6.43. The minimum absolute atomic E-state index is 0.0836. The van der Waals surface area contributed by atoms with Gasteiger partial charge in [0.2, 0.25) is 0 Å². The largest absolute Gasteiger partial charge is 0.316 e. The van der Waals surface area contributed by atoms with E-state index < -0.39 is 6.17 Å². The van der Waals surface area contributed by atoms with Gasteiger partial charge in [0.15, 0.2) is 11.6 Å². The number of aryl methyl sites for hydroxylation is 1. The molecule has 2 aromatic rings. The maximum absolute atomic E-state index is 13.8. The van der Waals surface area contributed by atoms with E-state index in [0.29, 0.717) is 41.8 Å². The van der Waals surface area contributed by atoms with Crippen LogP contribution in [0.3, 0.4) is 0 Å². The van der Waals surface area contributed by atoms with E-state index >= 15 is 0 Å². The highest BCUT2D eigenvalue weighted by molar-refractivity contribution is 6.32. The molecule has 2 fully saturated rings. The van der Waals surface area contributed by atoms with E-state index in [0.717, 1.165) is 37.2 Å². The van der Waals surface area contributed by atoms with Gasteiger partial charge in [-0.15, -0.1) is 0 Å². The van der Waals surface area contributed by atoms with Crippen LogP contribution in [0.15, 0.2) is 12.4 Å². The van der Waals surface area contributed by atoms with Crippen molar-refractivity contribution in [1.82, 2.24) is 25.1 Å². The predicted molar refractivity (Wildman–Crippen MR) is 119 cm³/mol. The fraction of sp³-hybridized carbons (Fsp3) is 0.652. The number of carbonyl (C=O) groups excluding carboxylic acids is 1. The van der Waals surface area contributed by atoms with Gasteiger partial charge in [0.1, 0.15) is 11.9 Å². The highest BCUT2D eigenvalue weighted by atomic mass is 35.5. The molecule has 0 spiro atoms. The van der Waals surface area contributed by atoms with Gasteiger partial charge in [0.25, 0.3) is 0 Å². The molecule has 1 saturated heterocycles. The van der Waals surface area contributed by atoms with Crippen molar-refractivity contribution in [3.05, 3.63) is 28.8 Å². The van der Waals surface area contributed by atoms with Crippen LogP contribution in [0.2, 0.25) is 5.02 Å². The summed E-state index contributed by atoms with van der Waals surface area (Å²) in [5, 5.41) is 8.17. The minimum atomic E-state index is -0.688. The molecular weight excluding hydrogens is 417 g/mol. The molecule has 6 nitrogen and oxygen atoms in total. The Morgan fingerprint density at radius 3 is 2.84 bits per heavy atom. The van der Waals surface area contributed by atoms with E-state index in [9.17, 15) is 9.18 Å². The van der Waals surface area contributed by atoms with Crippen molar-refractivity contribution in [2.24, 2.45) is 24.8 Å². The van der Waals surface area contributed by atoms with Crippen molar-refractivity contribution in [2.75, 3.05) is 13.1 Å². The number of ketones is 1. The van der Waals surface area contributed by atoms with Gasteiger partial charge in [-0.3, -0.25) is 9.48 Å². The number of piperidine rings is 1. The zero-order valence-electron chi connectivity index (χ0n) is 18.4. The number of Topliss-reactive ketones (excluding diaryl/α,β-unsaturated/α-hetero) is 1. The fourth-order valence-electron chi connectivity index (χ4n) is 5.30. The maximum atomic E-state index is 13.8. The van der Waals surface area contributed by atoms with Gasteiger partial charge < -0.3 is 5.32 Å². The minimum Gasteiger partial charge on any atom is -0.316 e. The van der Waals surface area contributed by atoms with Crippen molar-refractivity contribution >= 4 is 17.4 Å². The Morgan fingerprint density at radius 2 is 2.13 bits per heavy atom. The van der Waals surface area contributed by atoms with Gasteiger partial charge >= 0.3 is 0 Å². The highest BCUT2D eigenvalue weighted by Gasteiger charge is 2.37. The van der Waals surface area contributed by atoms with Crippen LogP contribution in [0, 0.1) is 17.8 Å². The first kappa shape index (κ1) is 22.3. The van der Waals surface area contributed by atoms with Gasteiger partial charge in [-0.1, -0.05) is 25.4 Å². The third-order valence-electron chi connectivity index (χ3n) is 6.94. The molecule has 168 valence electrons. The van der Waals surface area contributed by atoms with Crippen molar-refractivity contribution < 1.29 is 9.18 Å². The second-order valence-corrected chi connectivity index (χ2v) is 9.74. The van der Waals surface area contributed by atoms with Gasteiger partial charge in [-0.05, 0) is 62.4 Å². The van der Waals surface area contributed by atoms with Crippen molar-refractivity contribution in [2.45, 2.75) is 58.0 Å². The van der Waals surface area contributed by atoms with Crippen LogP contribution in [0.5, 0.6) is 0 Å². The number of hydrogen-bond donors (Lipinski definition) is 1. The molecule has 2 unspecified atom stereocenters. The monoisotopic (exact) mass is 447 g/mol. The number of rotatable bonds is 6. The number of nitrogens with one attached hydrogen (secondary N) is 1. The molecule has 31 heavy (non-hydrogen) atoms. The summed E-state index contributed by atoms with van der Waals surface area (Å²) in [6.45, 7) is 5.89. The molecule has 0 bridgehead atoms. The van der Waals surface area contributed by atoms with E-state index in [1.165, 1.54) is 6.20 Å². The van der Waals surface area contributed by atoms with E-state index in [4.69, 9.17) is 11.6 Å². The molecule has 1 N–H and O–H groups in total. The molecule has 3 heterocycles. The average Bonchev–Trinajstić information content (AvgIpc) is 3.34. The molecule has 0 radical (unpaired) electrons. The Bertz CT molecular complexity index is 946. The van der Waals surface area contributed by atoms with E-state index in [2.05, 4.69) is 34.2 Å². The first-order chi connectivity index (χ1) is 14.8. The van der Waals surface area contributed by atoms with Gasteiger partial charge in [-0.2, -0.15) is 5.10 Å². The fourth-order valence-corrected chi connectivity index (χ4v) is 5.48. The molecule has 0 aromatic carbocycles. The lowest BCUT2D eigenvalue weighted by Gasteiger charge is -2.35. The normalized spacial score (nSPS) is 26.5. The van der Waals surface area contributed by atoms with Crippen molar-refractivity contribution in [1.29, 1.82) is 0 Å². The molecule has 1 aliphatic carbocycles. The summed E-state index contributed by atoms with van der Waals surface area (Å²) < 4.78 is 15.5. The van der Waals surface area contributed by atoms with Crippen LogP contribution in [-0.4, -0.2) is 44.8 Å². The van der Waals surface area contributed by atoms with Crippen LogP contribution in [0.4, 0.5) is 4.39 Å². The smallest absolute Gasteiger partial charge is 0.200 e. The number of alkyl halides is 1. The molecule has 2 aromatic heterocycles. The molecular formula is C23H31ClFN5O. The highest BCUT2D eigenvalue weighted by Crippen LogP contribution is 2.41. The molecule has 8 heteroatoms. The topological polar surface area (TPSA) is 72.7 Å². The Morgan fingerprint density at radius 1 is 1.32 bits per heavy atom. The quantitative estimate of drug-likeness (QED) is 0.655. The first-order valence-corrected chi connectivity index (χ1v) is 11.7. The second kappa shape index (κ2) is 9.33. The Labute approximate surface area is 188 Å². The summed E-state index contributed by atoms with van der Waals surface area (Å²) in [7, 11) is 1.85. The molecule has 4 rings (SSSR count). The van der Waals surface area contributed by atoms with Crippen LogP contribution >= 0.6 is 11.6 Å². The molecule has 0 amide bonds. The number of nitrogens with zero attached hydrogens (tertiary/aromatic N) is 4. The lowest BCUT2D eigenvalue weighted by Crippen LogP contribution is -2.40. The van der Waals surface area contributed by atoms with Gasteiger partial charge in [0.05, 0.1) is 23.1 Å². The zero-order valence-corrected chi connectivity index (χ0v) is 19.2. The number of hydrogen-bond acceptors (Lipinski definition) is 5. The molecule has 2 aliphatic rings. The van der Waals surface area contributed by atoms with Crippen LogP contribution in [-0.2, 0) is 7.05 Å². The standard InChI is InChI=1S/C23H31ClFN5O/c1-13(2)18-11-28-30(3)22(18)21-19(24)12-27-23(29-21)20(31)9-15-10-26-7-6-17(15)14-4-5-16(25)8-14/h11-17,26H,4-10H2,1-3H3/t14?,15-,16?,17+/m0/s1. The third kappa shape index (κ3) is 4.67. The summed E-state index contributed by atoms with van der Waals surface area (Å²) in [4.78, 5) is 22.0. The van der Waals surface area contributed by atoms with E-state index in [-0.39, 0.29) is 23.4 Å². The summed E-state index contributed by atoms with van der Waals surface area (Å²) in [5.41, 5.74) is 2.38. The summed E-state index contributed by atoms with van der Waals surface area (Å²) in [5.74, 6) is 1.28. The zero-order chi connectivity index (χ0) is 22.1. The number of halogens is 2. The van der Waals surface area contributed by atoms with Crippen LogP contribution in [0.25, 0.3) is 11.4 Å². The molecule has 1 aliphatic heterocycles. The third-order valence-corrected chi connectivity index (χ3v) is 7.21. The predicted octanol–water partition coefficient (Wildman–Crippen LogP) is 4.59. The van der Waals surface area contributed by atoms with Crippen LogP contribution in [0.1, 0.15) is 68.1 Å².